The van der Waals surface area contributed by atoms with Gasteiger partial charge in [-0.15, -0.1) is 11.3 Å². The van der Waals surface area contributed by atoms with E-state index in [9.17, 15) is 8.42 Å². The molecule has 0 amide bonds. The topological polar surface area (TPSA) is 63.2 Å². The largest absolute Gasteiger partial charge is 0.329 e. The average molecular weight is 456 g/mol. The number of halogens is 1. The Labute approximate surface area is 184 Å². The second-order valence-electron chi connectivity index (χ2n) is 6.72. The van der Waals surface area contributed by atoms with Gasteiger partial charge in [0.1, 0.15) is 4.21 Å². The number of thiophene rings is 1. The lowest BCUT2D eigenvalue weighted by molar-refractivity contribution is 0.604. The van der Waals surface area contributed by atoms with Crippen molar-refractivity contribution in [3.63, 3.8) is 0 Å². The van der Waals surface area contributed by atoms with E-state index in [1.54, 1.807) is 30.9 Å². The highest BCUT2D eigenvalue weighted by Gasteiger charge is 2.27. The highest BCUT2D eigenvalue weighted by atomic mass is 35.5. The van der Waals surface area contributed by atoms with Gasteiger partial charge in [-0.05, 0) is 47.5 Å². The van der Waals surface area contributed by atoms with Crippen LogP contribution in [0.3, 0.4) is 0 Å². The molecule has 0 spiro atoms. The van der Waals surface area contributed by atoms with Crippen LogP contribution in [0.1, 0.15) is 17.2 Å². The van der Waals surface area contributed by atoms with Crippen LogP contribution in [0.25, 0.3) is 0 Å². The number of pyridine rings is 2. The summed E-state index contributed by atoms with van der Waals surface area (Å²) in [6, 6.07) is 16.6. The number of hydrogen-bond acceptors (Lipinski definition) is 6. The number of nitrogens with zero attached hydrogens (tertiary/aromatic N) is 3. The van der Waals surface area contributed by atoms with Crippen molar-refractivity contribution in [2.45, 2.75) is 10.3 Å². The first-order valence-electron chi connectivity index (χ1n) is 9.07. The standard InChI is InChI=1S/C22H18ClN3O2S2/c1-30(27,28)21-12-20(15-29-21)26(19-8-2-7-18(23)11-19)22(16-5-3-9-24-13-16)17-6-4-10-25-14-17/h2-15,22H,1H3. The second kappa shape index (κ2) is 8.55. The molecule has 0 aliphatic carbocycles. The van der Waals surface area contributed by atoms with Gasteiger partial charge in [0, 0.05) is 47.1 Å². The van der Waals surface area contributed by atoms with E-state index in [-0.39, 0.29) is 6.04 Å². The van der Waals surface area contributed by atoms with E-state index in [1.165, 1.54) is 17.6 Å². The third kappa shape index (κ3) is 4.38. The first-order valence-corrected chi connectivity index (χ1v) is 12.2. The fourth-order valence-electron chi connectivity index (χ4n) is 3.27. The normalized spacial score (nSPS) is 11.6. The predicted molar refractivity (Wildman–Crippen MR) is 121 cm³/mol. The van der Waals surface area contributed by atoms with E-state index in [4.69, 9.17) is 11.6 Å². The summed E-state index contributed by atoms with van der Waals surface area (Å²) in [5, 5.41) is 2.43. The van der Waals surface area contributed by atoms with Crippen molar-refractivity contribution < 1.29 is 8.42 Å². The van der Waals surface area contributed by atoms with Crippen molar-refractivity contribution in [2.75, 3.05) is 11.2 Å². The summed E-state index contributed by atoms with van der Waals surface area (Å²) >= 11 is 7.50. The van der Waals surface area contributed by atoms with Crippen LogP contribution in [0.15, 0.2) is 89.0 Å². The Morgan fingerprint density at radius 1 is 0.933 bits per heavy atom. The third-order valence-corrected chi connectivity index (χ3v) is 7.54. The maximum absolute atomic E-state index is 12.1. The van der Waals surface area contributed by atoms with Crippen molar-refractivity contribution in [3.05, 3.63) is 101 Å². The van der Waals surface area contributed by atoms with Crippen LogP contribution in [-0.4, -0.2) is 24.6 Å². The molecule has 3 heterocycles. The number of aromatic nitrogens is 2. The third-order valence-electron chi connectivity index (χ3n) is 4.55. The van der Waals surface area contributed by atoms with Gasteiger partial charge in [-0.3, -0.25) is 9.97 Å². The second-order valence-corrected chi connectivity index (χ2v) is 10.3. The van der Waals surface area contributed by atoms with Crippen molar-refractivity contribution in [1.29, 1.82) is 0 Å². The van der Waals surface area contributed by atoms with Crippen LogP contribution in [0, 0.1) is 0 Å². The Hall–Kier alpha value is -2.74. The fraction of sp³-hybridized carbons (Fsp3) is 0.0909. The van der Waals surface area contributed by atoms with Gasteiger partial charge in [0.2, 0.25) is 0 Å². The Morgan fingerprint density at radius 3 is 2.10 bits per heavy atom. The first-order chi connectivity index (χ1) is 14.4. The molecule has 0 bridgehead atoms. The highest BCUT2D eigenvalue weighted by molar-refractivity contribution is 7.92. The van der Waals surface area contributed by atoms with Gasteiger partial charge in [-0.25, -0.2) is 8.42 Å². The minimum atomic E-state index is -3.32. The van der Waals surface area contributed by atoms with E-state index in [0.29, 0.717) is 9.23 Å². The summed E-state index contributed by atoms with van der Waals surface area (Å²) in [4.78, 5) is 10.7. The molecule has 3 aromatic heterocycles. The molecule has 0 fully saturated rings. The van der Waals surface area contributed by atoms with Crippen molar-refractivity contribution >= 4 is 44.1 Å². The van der Waals surface area contributed by atoms with Gasteiger partial charge in [0.15, 0.2) is 9.84 Å². The summed E-state index contributed by atoms with van der Waals surface area (Å²) < 4.78 is 24.5. The van der Waals surface area contributed by atoms with Crippen LogP contribution in [0.4, 0.5) is 11.4 Å². The smallest absolute Gasteiger partial charge is 0.184 e. The Balaban J connectivity index is 1.96. The summed E-state index contributed by atoms with van der Waals surface area (Å²) in [5.41, 5.74) is 3.47. The monoisotopic (exact) mass is 455 g/mol. The number of hydrogen-bond donors (Lipinski definition) is 0. The van der Waals surface area contributed by atoms with Gasteiger partial charge in [-0.1, -0.05) is 29.8 Å². The highest BCUT2D eigenvalue weighted by Crippen LogP contribution is 2.41. The summed E-state index contributed by atoms with van der Waals surface area (Å²) in [7, 11) is -3.32. The van der Waals surface area contributed by atoms with E-state index >= 15 is 0 Å². The lowest BCUT2D eigenvalue weighted by atomic mass is 9.98. The van der Waals surface area contributed by atoms with Crippen molar-refractivity contribution in [3.8, 4) is 0 Å². The maximum Gasteiger partial charge on any atom is 0.184 e. The molecule has 4 rings (SSSR count). The molecular formula is C22H18ClN3O2S2. The zero-order valence-electron chi connectivity index (χ0n) is 16.0. The lowest BCUT2D eigenvalue weighted by Crippen LogP contribution is -2.25. The van der Waals surface area contributed by atoms with Crippen LogP contribution < -0.4 is 4.90 Å². The molecule has 30 heavy (non-hydrogen) atoms. The van der Waals surface area contributed by atoms with Crippen LogP contribution in [-0.2, 0) is 9.84 Å². The molecule has 8 heteroatoms. The minimum absolute atomic E-state index is 0.284. The molecule has 0 aliphatic heterocycles. The van der Waals surface area contributed by atoms with E-state index < -0.39 is 9.84 Å². The van der Waals surface area contributed by atoms with Crippen LogP contribution in [0.5, 0.6) is 0 Å². The molecule has 1 aromatic carbocycles. The lowest BCUT2D eigenvalue weighted by Gasteiger charge is -2.33. The molecule has 0 saturated carbocycles. The Morgan fingerprint density at radius 2 is 1.60 bits per heavy atom. The Kier molecular flexibility index (Phi) is 5.85. The molecule has 5 nitrogen and oxygen atoms in total. The van der Waals surface area contributed by atoms with Gasteiger partial charge in [0.05, 0.1) is 11.7 Å². The van der Waals surface area contributed by atoms with Crippen LogP contribution in [0.2, 0.25) is 5.02 Å². The van der Waals surface area contributed by atoms with Gasteiger partial charge in [0.25, 0.3) is 0 Å². The average Bonchev–Trinajstić information content (AvgIpc) is 3.23. The predicted octanol–water partition coefficient (Wildman–Crippen LogP) is 5.52. The number of anilines is 2. The van der Waals surface area contributed by atoms with E-state index in [2.05, 4.69) is 14.9 Å². The summed E-state index contributed by atoms with van der Waals surface area (Å²) in [6.07, 6.45) is 8.27. The molecule has 0 N–H and O–H groups in total. The zero-order chi connectivity index (χ0) is 21.1. The van der Waals surface area contributed by atoms with Crippen molar-refractivity contribution in [2.24, 2.45) is 0 Å². The summed E-state index contributed by atoms with van der Waals surface area (Å²) in [6.45, 7) is 0. The molecule has 4 aromatic rings. The summed E-state index contributed by atoms with van der Waals surface area (Å²) in [5.74, 6) is 0. The number of sulfone groups is 1. The zero-order valence-corrected chi connectivity index (χ0v) is 18.4. The molecule has 0 atom stereocenters. The fourth-order valence-corrected chi connectivity index (χ4v) is 5.24. The first kappa shape index (κ1) is 20.5. The maximum atomic E-state index is 12.1. The van der Waals surface area contributed by atoms with Crippen LogP contribution >= 0.6 is 22.9 Å². The van der Waals surface area contributed by atoms with Crippen molar-refractivity contribution in [1.82, 2.24) is 9.97 Å². The molecule has 152 valence electrons. The molecule has 0 saturated heterocycles. The van der Waals surface area contributed by atoms with E-state index in [0.717, 1.165) is 22.5 Å². The van der Waals surface area contributed by atoms with Gasteiger partial charge in [-0.2, -0.15) is 0 Å². The molecule has 0 aliphatic rings. The molecular weight excluding hydrogens is 438 g/mol. The quantitative estimate of drug-likeness (QED) is 0.383. The number of benzene rings is 1. The molecule has 0 radical (unpaired) electrons. The molecule has 0 unspecified atom stereocenters. The minimum Gasteiger partial charge on any atom is -0.329 e. The number of rotatable bonds is 6. The van der Waals surface area contributed by atoms with Gasteiger partial charge >= 0.3 is 0 Å². The Bertz CT molecular complexity index is 1210. The van der Waals surface area contributed by atoms with Gasteiger partial charge < -0.3 is 4.90 Å². The SMILES string of the molecule is CS(=O)(=O)c1cc(N(c2cccc(Cl)c2)C(c2cccnc2)c2cccnc2)cs1. The van der Waals surface area contributed by atoms with E-state index in [1.807, 2.05) is 53.9 Å².